The first-order valence-electron chi connectivity index (χ1n) is 6.42. The predicted molar refractivity (Wildman–Crippen MR) is 82.2 cm³/mol. The quantitative estimate of drug-likeness (QED) is 0.536. The van der Waals surface area contributed by atoms with E-state index in [2.05, 4.69) is 0 Å². The number of carbonyl (C=O) groups is 1. The molecule has 2 atom stereocenters. The van der Waals surface area contributed by atoms with Gasteiger partial charge >= 0.3 is 5.66 Å². The van der Waals surface area contributed by atoms with E-state index in [9.17, 15) is 15.2 Å². The Bertz CT molecular complexity index is 694. The molecule has 1 aliphatic rings. The van der Waals surface area contributed by atoms with Gasteiger partial charge < -0.3 is 10.4 Å². The fourth-order valence-electron chi connectivity index (χ4n) is 2.56. The predicted octanol–water partition coefficient (Wildman–Crippen LogP) is 2.80. The van der Waals surface area contributed by atoms with Crippen molar-refractivity contribution in [2.75, 3.05) is 0 Å². The lowest BCUT2D eigenvalue weighted by Gasteiger charge is -2.27. The largest absolute Gasteiger partial charge is 0.622 e. The molecule has 0 aromatic carbocycles. The maximum atomic E-state index is 12.8. The van der Waals surface area contributed by atoms with Crippen molar-refractivity contribution in [2.24, 2.45) is 0 Å². The van der Waals surface area contributed by atoms with Crippen LogP contribution in [-0.2, 0) is 0 Å². The third-order valence-electron chi connectivity index (χ3n) is 3.77. The molecule has 0 spiro atoms. The van der Waals surface area contributed by atoms with Crippen LogP contribution in [0.25, 0.3) is 0 Å². The Morgan fingerprint density at radius 2 is 2.05 bits per heavy atom. The van der Waals surface area contributed by atoms with Crippen LogP contribution in [0.5, 0.6) is 0 Å². The van der Waals surface area contributed by atoms with E-state index in [4.69, 9.17) is 0 Å². The summed E-state index contributed by atoms with van der Waals surface area (Å²) in [5, 5.41) is 27.6. The molecule has 7 heteroatoms. The Balaban J connectivity index is 2.12. The van der Waals surface area contributed by atoms with Crippen molar-refractivity contribution in [2.45, 2.75) is 25.6 Å². The SMILES string of the molecule is C[C@@H]1C(c2cccs2)=[N+]([O-])[C@@](C)(C(=O)c2cccs2)N1O. The van der Waals surface area contributed by atoms with E-state index in [0.29, 0.717) is 15.3 Å². The van der Waals surface area contributed by atoms with Gasteiger partial charge in [0.1, 0.15) is 6.04 Å². The van der Waals surface area contributed by atoms with Crippen LogP contribution in [0.3, 0.4) is 0 Å². The Morgan fingerprint density at radius 1 is 1.38 bits per heavy atom. The van der Waals surface area contributed by atoms with E-state index in [1.165, 1.54) is 29.6 Å². The molecule has 2 aromatic rings. The van der Waals surface area contributed by atoms with Crippen molar-refractivity contribution in [3.63, 3.8) is 0 Å². The minimum absolute atomic E-state index is 0.395. The van der Waals surface area contributed by atoms with E-state index >= 15 is 0 Å². The van der Waals surface area contributed by atoms with Crippen molar-refractivity contribution in [1.29, 1.82) is 0 Å². The molecule has 2 aromatic heterocycles. The van der Waals surface area contributed by atoms with Gasteiger partial charge in [-0.15, -0.1) is 27.7 Å². The molecule has 0 aliphatic carbocycles. The summed E-state index contributed by atoms with van der Waals surface area (Å²) in [4.78, 5) is 13.9. The lowest BCUT2D eigenvalue weighted by Crippen LogP contribution is -2.54. The van der Waals surface area contributed by atoms with Crippen LogP contribution in [0.1, 0.15) is 28.4 Å². The second kappa shape index (κ2) is 5.03. The molecule has 0 saturated carbocycles. The van der Waals surface area contributed by atoms with Crippen LogP contribution in [0.15, 0.2) is 35.0 Å². The summed E-state index contributed by atoms with van der Waals surface area (Å²) in [6.45, 7) is 3.17. The van der Waals surface area contributed by atoms with Crippen molar-refractivity contribution >= 4 is 34.2 Å². The molecule has 0 amide bonds. The standard InChI is InChI=1S/C14H14N2O3S2/c1-9-12(10-5-3-7-20-10)16(19)14(2,15(9)18)13(17)11-6-4-8-21-11/h3-9,18H,1-2H3/t9-,14+/m1/s1. The molecule has 21 heavy (non-hydrogen) atoms. The van der Waals surface area contributed by atoms with E-state index in [1.807, 2.05) is 17.5 Å². The van der Waals surface area contributed by atoms with Crippen molar-refractivity contribution < 1.29 is 14.7 Å². The molecule has 0 saturated heterocycles. The number of Topliss-reactive ketones (excluding diaryl/α,β-unsaturated/α-hetero) is 1. The van der Waals surface area contributed by atoms with Crippen LogP contribution >= 0.6 is 22.7 Å². The highest BCUT2D eigenvalue weighted by Gasteiger charge is 2.58. The van der Waals surface area contributed by atoms with Gasteiger partial charge in [0.2, 0.25) is 5.71 Å². The highest BCUT2D eigenvalue weighted by molar-refractivity contribution is 7.12. The molecule has 1 N–H and O–H groups in total. The smallest absolute Gasteiger partial charge is 0.313 e. The molecule has 110 valence electrons. The zero-order valence-electron chi connectivity index (χ0n) is 11.5. The number of rotatable bonds is 3. The van der Waals surface area contributed by atoms with Crippen molar-refractivity contribution in [3.8, 4) is 0 Å². The van der Waals surface area contributed by atoms with Crippen molar-refractivity contribution in [3.05, 3.63) is 50.0 Å². The molecule has 0 fully saturated rings. The van der Waals surface area contributed by atoms with Gasteiger partial charge in [0.15, 0.2) is 0 Å². The van der Waals surface area contributed by atoms with Crippen LogP contribution < -0.4 is 0 Å². The summed E-state index contributed by atoms with van der Waals surface area (Å²) in [5.41, 5.74) is -1.22. The lowest BCUT2D eigenvalue weighted by atomic mass is 10.1. The molecule has 0 bridgehead atoms. The number of thiophene rings is 2. The van der Waals surface area contributed by atoms with Gasteiger partial charge in [0.05, 0.1) is 9.75 Å². The number of hydrogen-bond donors (Lipinski definition) is 1. The Morgan fingerprint density at radius 3 is 2.62 bits per heavy atom. The van der Waals surface area contributed by atoms with Crippen LogP contribution in [0.4, 0.5) is 0 Å². The van der Waals surface area contributed by atoms with Gasteiger partial charge in [0, 0.05) is 6.92 Å². The van der Waals surface area contributed by atoms with E-state index < -0.39 is 17.5 Å². The van der Waals surface area contributed by atoms with E-state index in [1.54, 1.807) is 24.4 Å². The van der Waals surface area contributed by atoms with Gasteiger partial charge in [-0.1, -0.05) is 12.1 Å². The van der Waals surface area contributed by atoms with Crippen LogP contribution in [0, 0.1) is 5.21 Å². The fourth-order valence-corrected chi connectivity index (χ4v) is 4.15. The molecular formula is C14H14N2O3S2. The Labute approximate surface area is 129 Å². The number of nitrogens with zero attached hydrogens (tertiary/aromatic N) is 2. The molecule has 3 rings (SSSR count). The van der Waals surface area contributed by atoms with Gasteiger partial charge in [-0.2, -0.15) is 4.74 Å². The molecule has 0 radical (unpaired) electrons. The topological polar surface area (TPSA) is 66.6 Å². The first-order chi connectivity index (χ1) is 9.98. The van der Waals surface area contributed by atoms with Crippen molar-refractivity contribution in [1.82, 2.24) is 5.06 Å². The average Bonchev–Trinajstić information content (AvgIpc) is 3.19. The van der Waals surface area contributed by atoms with Crippen LogP contribution in [-0.4, -0.2) is 38.2 Å². The second-order valence-corrected chi connectivity index (χ2v) is 6.90. The molecule has 1 aliphatic heterocycles. The number of hydrogen-bond acceptors (Lipinski definition) is 6. The molecule has 5 nitrogen and oxygen atoms in total. The average molecular weight is 322 g/mol. The number of ketones is 1. The summed E-state index contributed by atoms with van der Waals surface area (Å²) >= 11 is 2.68. The summed E-state index contributed by atoms with van der Waals surface area (Å²) in [7, 11) is 0. The Kier molecular flexibility index (Phi) is 3.45. The monoisotopic (exact) mass is 322 g/mol. The van der Waals surface area contributed by atoms with E-state index in [-0.39, 0.29) is 0 Å². The van der Waals surface area contributed by atoms with Gasteiger partial charge in [-0.25, -0.2) is 0 Å². The van der Waals surface area contributed by atoms with Gasteiger partial charge in [0.25, 0.3) is 5.78 Å². The van der Waals surface area contributed by atoms with Gasteiger partial charge in [-0.3, -0.25) is 4.79 Å². The minimum atomic E-state index is -1.64. The van der Waals surface area contributed by atoms with Gasteiger partial charge in [-0.05, 0) is 29.8 Å². The minimum Gasteiger partial charge on any atom is -0.622 e. The molecule has 0 unspecified atom stereocenters. The first-order valence-corrected chi connectivity index (χ1v) is 8.18. The maximum absolute atomic E-state index is 12.8. The summed E-state index contributed by atoms with van der Waals surface area (Å²) in [5.74, 6) is -0.395. The fraction of sp³-hybridized carbons (Fsp3) is 0.286. The summed E-state index contributed by atoms with van der Waals surface area (Å²) < 4.78 is 0.644. The number of hydroxylamine groups is 3. The highest BCUT2D eigenvalue weighted by Crippen LogP contribution is 2.32. The summed E-state index contributed by atoms with van der Waals surface area (Å²) in [6.07, 6.45) is 0. The first kappa shape index (κ1) is 14.4. The third-order valence-corrected chi connectivity index (χ3v) is 5.53. The maximum Gasteiger partial charge on any atom is 0.313 e. The molecule has 3 heterocycles. The van der Waals surface area contributed by atoms with E-state index in [0.717, 1.165) is 9.94 Å². The Hall–Kier alpha value is -1.54. The second-order valence-electron chi connectivity index (χ2n) is 5.00. The number of carbonyl (C=O) groups excluding carboxylic acids is 1. The zero-order chi connectivity index (χ0) is 15.2. The normalized spacial score (nSPS) is 26.5. The van der Waals surface area contributed by atoms with Crippen LogP contribution in [0.2, 0.25) is 0 Å². The third kappa shape index (κ3) is 1.96. The highest BCUT2D eigenvalue weighted by atomic mass is 32.1. The molecular weight excluding hydrogens is 308 g/mol. The lowest BCUT2D eigenvalue weighted by molar-refractivity contribution is -0.561. The zero-order valence-corrected chi connectivity index (χ0v) is 13.1. The summed E-state index contributed by atoms with van der Waals surface area (Å²) in [6, 6.07) is 6.52.